The number of nitrogens with one attached hydrogen (secondary N) is 2. The van der Waals surface area contributed by atoms with Crippen molar-refractivity contribution in [1.29, 1.82) is 0 Å². The summed E-state index contributed by atoms with van der Waals surface area (Å²) in [6.07, 6.45) is 7.24. The Hall–Kier alpha value is -1.39. The standard InChI is InChI=1S/C11H20N4O/c1-3-4-5-6-7-9(2)14-11(16)10-12-8-13-15-10/h8-9H,3-7H2,1-2H3,(H,14,16)(H,12,13,15). The molecule has 0 aliphatic rings. The summed E-state index contributed by atoms with van der Waals surface area (Å²) in [6, 6.07) is 0.189. The van der Waals surface area contributed by atoms with E-state index in [2.05, 4.69) is 27.4 Å². The number of rotatable bonds is 7. The van der Waals surface area contributed by atoms with E-state index in [1.807, 2.05) is 6.92 Å². The zero-order valence-corrected chi connectivity index (χ0v) is 9.99. The molecule has 1 aromatic rings. The van der Waals surface area contributed by atoms with Gasteiger partial charge in [0, 0.05) is 6.04 Å². The van der Waals surface area contributed by atoms with Crippen molar-refractivity contribution in [3.63, 3.8) is 0 Å². The van der Waals surface area contributed by atoms with Gasteiger partial charge in [0.25, 0.3) is 5.91 Å². The van der Waals surface area contributed by atoms with E-state index in [0.717, 1.165) is 12.8 Å². The first-order chi connectivity index (χ1) is 7.74. The highest BCUT2D eigenvalue weighted by Gasteiger charge is 2.11. The Morgan fingerprint density at radius 3 is 2.94 bits per heavy atom. The van der Waals surface area contributed by atoms with Crippen molar-refractivity contribution >= 4 is 5.91 Å². The second-order valence-corrected chi connectivity index (χ2v) is 4.06. The Morgan fingerprint density at radius 2 is 2.31 bits per heavy atom. The lowest BCUT2D eigenvalue weighted by atomic mass is 10.1. The summed E-state index contributed by atoms with van der Waals surface area (Å²) in [6.45, 7) is 4.20. The quantitative estimate of drug-likeness (QED) is 0.695. The molecule has 1 rings (SSSR count). The molecular weight excluding hydrogens is 204 g/mol. The Morgan fingerprint density at radius 1 is 1.50 bits per heavy atom. The molecule has 5 nitrogen and oxygen atoms in total. The van der Waals surface area contributed by atoms with E-state index < -0.39 is 0 Å². The molecule has 0 saturated carbocycles. The maximum absolute atomic E-state index is 11.6. The van der Waals surface area contributed by atoms with Crippen LogP contribution in [-0.4, -0.2) is 27.1 Å². The van der Waals surface area contributed by atoms with E-state index in [1.54, 1.807) is 0 Å². The number of unbranched alkanes of at least 4 members (excludes halogenated alkanes) is 3. The summed E-state index contributed by atoms with van der Waals surface area (Å²) in [5, 5.41) is 9.07. The molecule has 0 aliphatic heterocycles. The summed E-state index contributed by atoms with van der Waals surface area (Å²) < 4.78 is 0. The number of aromatic nitrogens is 3. The van der Waals surface area contributed by atoms with Crippen LogP contribution in [0, 0.1) is 0 Å². The van der Waals surface area contributed by atoms with Crippen LogP contribution in [-0.2, 0) is 0 Å². The summed E-state index contributed by atoms with van der Waals surface area (Å²) in [5.74, 6) is 0.0981. The summed E-state index contributed by atoms with van der Waals surface area (Å²) >= 11 is 0. The van der Waals surface area contributed by atoms with Gasteiger partial charge in [-0.15, -0.1) is 0 Å². The Labute approximate surface area is 96.0 Å². The normalized spacial score (nSPS) is 12.4. The van der Waals surface area contributed by atoms with Gasteiger partial charge < -0.3 is 5.32 Å². The van der Waals surface area contributed by atoms with Crippen LogP contribution < -0.4 is 5.32 Å². The molecule has 16 heavy (non-hydrogen) atoms. The number of H-pyrrole nitrogens is 1. The minimum atomic E-state index is -0.180. The van der Waals surface area contributed by atoms with Gasteiger partial charge >= 0.3 is 0 Å². The zero-order valence-electron chi connectivity index (χ0n) is 9.99. The Bertz CT molecular complexity index is 297. The second-order valence-electron chi connectivity index (χ2n) is 4.06. The van der Waals surface area contributed by atoms with Crippen molar-refractivity contribution in [2.45, 2.75) is 52.0 Å². The van der Waals surface area contributed by atoms with E-state index in [1.165, 1.54) is 25.6 Å². The Balaban J connectivity index is 2.19. The second kappa shape index (κ2) is 6.98. The SMILES string of the molecule is CCCCCCC(C)NC(=O)c1ncn[nH]1. The molecule has 0 fully saturated rings. The van der Waals surface area contributed by atoms with Crippen LogP contribution in [0.5, 0.6) is 0 Å². The molecular formula is C11H20N4O. The van der Waals surface area contributed by atoms with Crippen LogP contribution in [0.15, 0.2) is 6.33 Å². The fourth-order valence-corrected chi connectivity index (χ4v) is 1.56. The van der Waals surface area contributed by atoms with Gasteiger partial charge in [-0.25, -0.2) is 4.98 Å². The number of nitrogens with zero attached hydrogens (tertiary/aromatic N) is 2. The molecule has 1 heterocycles. The predicted molar refractivity (Wildman–Crippen MR) is 62.1 cm³/mol. The lowest BCUT2D eigenvalue weighted by Gasteiger charge is -2.12. The van der Waals surface area contributed by atoms with E-state index in [0.29, 0.717) is 0 Å². The first-order valence-corrected chi connectivity index (χ1v) is 5.90. The number of hydrogen-bond acceptors (Lipinski definition) is 3. The first-order valence-electron chi connectivity index (χ1n) is 5.90. The van der Waals surface area contributed by atoms with E-state index in [9.17, 15) is 4.79 Å². The van der Waals surface area contributed by atoms with Gasteiger partial charge in [-0.2, -0.15) is 5.10 Å². The van der Waals surface area contributed by atoms with Crippen molar-refractivity contribution in [2.75, 3.05) is 0 Å². The number of aromatic amines is 1. The molecule has 1 aromatic heterocycles. The minimum absolute atomic E-state index is 0.180. The maximum Gasteiger partial charge on any atom is 0.288 e. The third kappa shape index (κ3) is 4.42. The summed E-state index contributed by atoms with van der Waals surface area (Å²) in [7, 11) is 0. The molecule has 5 heteroatoms. The minimum Gasteiger partial charge on any atom is -0.347 e. The van der Waals surface area contributed by atoms with Crippen molar-refractivity contribution in [3.8, 4) is 0 Å². The molecule has 0 bridgehead atoms. The lowest BCUT2D eigenvalue weighted by Crippen LogP contribution is -2.33. The smallest absolute Gasteiger partial charge is 0.288 e. The van der Waals surface area contributed by atoms with Crippen LogP contribution in [0.1, 0.15) is 56.6 Å². The van der Waals surface area contributed by atoms with Crippen molar-refractivity contribution in [2.24, 2.45) is 0 Å². The summed E-state index contributed by atoms with van der Waals surface area (Å²) in [4.78, 5) is 15.4. The van der Waals surface area contributed by atoms with Crippen molar-refractivity contribution < 1.29 is 4.79 Å². The Kier molecular flexibility index (Phi) is 5.53. The van der Waals surface area contributed by atoms with E-state index in [4.69, 9.17) is 0 Å². The first kappa shape index (κ1) is 12.7. The highest BCUT2D eigenvalue weighted by molar-refractivity contribution is 5.90. The van der Waals surface area contributed by atoms with Crippen LogP contribution in [0.4, 0.5) is 0 Å². The van der Waals surface area contributed by atoms with Crippen LogP contribution >= 0.6 is 0 Å². The topological polar surface area (TPSA) is 70.7 Å². The molecule has 1 unspecified atom stereocenters. The van der Waals surface area contributed by atoms with Crippen LogP contribution in [0.2, 0.25) is 0 Å². The maximum atomic E-state index is 11.6. The van der Waals surface area contributed by atoms with Gasteiger partial charge in [0.15, 0.2) is 0 Å². The van der Waals surface area contributed by atoms with Gasteiger partial charge in [0.05, 0.1) is 0 Å². The van der Waals surface area contributed by atoms with E-state index in [-0.39, 0.29) is 17.8 Å². The van der Waals surface area contributed by atoms with Crippen molar-refractivity contribution in [3.05, 3.63) is 12.2 Å². The third-order valence-corrected chi connectivity index (χ3v) is 2.50. The number of amides is 1. The van der Waals surface area contributed by atoms with Gasteiger partial charge in [0.2, 0.25) is 5.82 Å². The molecule has 90 valence electrons. The third-order valence-electron chi connectivity index (χ3n) is 2.50. The molecule has 1 amide bonds. The van der Waals surface area contributed by atoms with Gasteiger partial charge in [-0.1, -0.05) is 32.6 Å². The number of carbonyl (C=O) groups excluding carboxylic acids is 1. The lowest BCUT2D eigenvalue weighted by molar-refractivity contribution is 0.0928. The molecule has 0 aliphatic carbocycles. The fraction of sp³-hybridized carbons (Fsp3) is 0.727. The molecule has 0 radical (unpaired) electrons. The van der Waals surface area contributed by atoms with Crippen molar-refractivity contribution in [1.82, 2.24) is 20.5 Å². The zero-order chi connectivity index (χ0) is 11.8. The fourth-order valence-electron chi connectivity index (χ4n) is 1.56. The van der Waals surface area contributed by atoms with Gasteiger partial charge in [0.1, 0.15) is 6.33 Å². The molecule has 2 N–H and O–H groups in total. The molecule has 0 aromatic carbocycles. The number of carbonyl (C=O) groups is 1. The molecule has 0 saturated heterocycles. The molecule has 0 spiro atoms. The average Bonchev–Trinajstić information content (AvgIpc) is 2.77. The summed E-state index contributed by atoms with van der Waals surface area (Å²) in [5.41, 5.74) is 0. The van der Waals surface area contributed by atoms with Gasteiger partial charge in [-0.05, 0) is 13.3 Å². The average molecular weight is 224 g/mol. The van der Waals surface area contributed by atoms with Crippen LogP contribution in [0.25, 0.3) is 0 Å². The van der Waals surface area contributed by atoms with Gasteiger partial charge in [-0.3, -0.25) is 9.89 Å². The molecule has 1 atom stereocenters. The number of hydrogen-bond donors (Lipinski definition) is 2. The highest BCUT2D eigenvalue weighted by Crippen LogP contribution is 2.05. The van der Waals surface area contributed by atoms with E-state index >= 15 is 0 Å². The highest BCUT2D eigenvalue weighted by atomic mass is 16.2. The monoisotopic (exact) mass is 224 g/mol. The van der Waals surface area contributed by atoms with Crippen LogP contribution in [0.3, 0.4) is 0 Å². The largest absolute Gasteiger partial charge is 0.347 e. The predicted octanol–water partition coefficient (Wildman–Crippen LogP) is 1.89.